The third-order valence-electron chi connectivity index (χ3n) is 4.63. The van der Waals surface area contributed by atoms with E-state index in [1.807, 2.05) is 44.2 Å². The van der Waals surface area contributed by atoms with E-state index in [1.54, 1.807) is 0 Å². The van der Waals surface area contributed by atoms with Gasteiger partial charge in [0.05, 0.1) is 5.41 Å². The van der Waals surface area contributed by atoms with Crippen LogP contribution in [-0.4, -0.2) is 48.2 Å². The summed E-state index contributed by atoms with van der Waals surface area (Å²) in [6.45, 7) is 7.04. The van der Waals surface area contributed by atoms with Gasteiger partial charge in [0, 0.05) is 13.1 Å². The SMILES string of the molecule is CC(C)(CN1CCC(CNC(=O)O)CC1)C(=O)OCc1ccccc1. The summed E-state index contributed by atoms with van der Waals surface area (Å²) in [6, 6.07) is 9.67. The van der Waals surface area contributed by atoms with Gasteiger partial charge in [-0.15, -0.1) is 0 Å². The Morgan fingerprint density at radius 2 is 1.88 bits per heavy atom. The Morgan fingerprint density at radius 1 is 1.24 bits per heavy atom. The zero-order chi connectivity index (χ0) is 18.3. The fourth-order valence-electron chi connectivity index (χ4n) is 3.12. The van der Waals surface area contributed by atoms with Gasteiger partial charge in [0.15, 0.2) is 0 Å². The van der Waals surface area contributed by atoms with Crippen molar-refractivity contribution in [2.75, 3.05) is 26.2 Å². The maximum Gasteiger partial charge on any atom is 0.404 e. The molecule has 1 fully saturated rings. The van der Waals surface area contributed by atoms with Crippen LogP contribution in [0.3, 0.4) is 0 Å². The number of nitrogens with one attached hydrogen (secondary N) is 1. The topological polar surface area (TPSA) is 78.9 Å². The minimum Gasteiger partial charge on any atom is -0.465 e. The molecule has 0 unspecified atom stereocenters. The number of carboxylic acid groups (broad SMARTS) is 1. The molecular formula is C19H28N2O4. The van der Waals surface area contributed by atoms with Crippen LogP contribution < -0.4 is 5.32 Å². The number of piperidine rings is 1. The highest BCUT2D eigenvalue weighted by Gasteiger charge is 2.33. The largest absolute Gasteiger partial charge is 0.465 e. The van der Waals surface area contributed by atoms with Gasteiger partial charge in [0.25, 0.3) is 0 Å². The van der Waals surface area contributed by atoms with Crippen molar-refractivity contribution in [3.05, 3.63) is 35.9 Å². The molecule has 0 radical (unpaired) electrons. The fraction of sp³-hybridized carbons (Fsp3) is 0.579. The minimum atomic E-state index is -0.968. The molecule has 1 heterocycles. The number of rotatable bonds is 7. The van der Waals surface area contributed by atoms with Gasteiger partial charge in [0.2, 0.25) is 0 Å². The molecular weight excluding hydrogens is 320 g/mol. The minimum absolute atomic E-state index is 0.189. The van der Waals surface area contributed by atoms with Gasteiger partial charge in [-0.25, -0.2) is 4.79 Å². The van der Waals surface area contributed by atoms with E-state index in [0.717, 1.165) is 31.5 Å². The Morgan fingerprint density at radius 3 is 2.48 bits per heavy atom. The molecule has 1 aliphatic rings. The van der Waals surface area contributed by atoms with Gasteiger partial charge in [0.1, 0.15) is 6.61 Å². The first-order chi connectivity index (χ1) is 11.9. The van der Waals surface area contributed by atoms with E-state index in [0.29, 0.717) is 25.6 Å². The summed E-state index contributed by atoms with van der Waals surface area (Å²) in [5.41, 5.74) is 0.416. The van der Waals surface area contributed by atoms with Crippen LogP contribution in [0, 0.1) is 11.3 Å². The van der Waals surface area contributed by atoms with E-state index in [1.165, 1.54) is 0 Å². The standard InChI is InChI=1S/C19H28N2O4/c1-19(2,17(22)25-13-16-6-4-3-5-7-16)14-21-10-8-15(9-11-21)12-20-18(23)24/h3-7,15,20H,8-14H2,1-2H3,(H,23,24). The van der Waals surface area contributed by atoms with Gasteiger partial charge >= 0.3 is 12.1 Å². The number of hydrogen-bond acceptors (Lipinski definition) is 4. The molecule has 6 nitrogen and oxygen atoms in total. The second-order valence-corrected chi connectivity index (χ2v) is 7.35. The molecule has 2 rings (SSSR count). The number of amides is 1. The number of carbonyl (C=O) groups excluding carboxylic acids is 1. The van der Waals surface area contributed by atoms with Crippen molar-refractivity contribution < 1.29 is 19.4 Å². The first kappa shape index (κ1) is 19.2. The van der Waals surface area contributed by atoms with Crippen molar-refractivity contribution in [1.29, 1.82) is 0 Å². The summed E-state index contributed by atoms with van der Waals surface area (Å²) in [6.07, 6.45) is 0.912. The van der Waals surface area contributed by atoms with Crippen molar-refractivity contribution in [2.24, 2.45) is 11.3 Å². The Hall–Kier alpha value is -2.08. The number of nitrogens with zero attached hydrogens (tertiary/aromatic N) is 1. The Kier molecular flexibility index (Phi) is 6.82. The van der Waals surface area contributed by atoms with Gasteiger partial charge in [-0.2, -0.15) is 0 Å². The summed E-state index contributed by atoms with van der Waals surface area (Å²) in [4.78, 5) is 25.3. The lowest BCUT2D eigenvalue weighted by Gasteiger charge is -2.36. The summed E-state index contributed by atoms with van der Waals surface area (Å²) >= 11 is 0. The zero-order valence-corrected chi connectivity index (χ0v) is 15.0. The molecule has 2 N–H and O–H groups in total. The lowest BCUT2D eigenvalue weighted by Crippen LogP contribution is -2.45. The molecule has 1 aliphatic heterocycles. The molecule has 1 aromatic carbocycles. The molecule has 0 bridgehead atoms. The van der Waals surface area contributed by atoms with Gasteiger partial charge in [-0.05, 0) is 51.3 Å². The van der Waals surface area contributed by atoms with Crippen LogP contribution in [0.25, 0.3) is 0 Å². The maximum absolute atomic E-state index is 12.4. The first-order valence-corrected chi connectivity index (χ1v) is 8.77. The number of hydrogen-bond donors (Lipinski definition) is 2. The number of likely N-dealkylation sites (tertiary alicyclic amines) is 1. The average molecular weight is 348 g/mol. The molecule has 0 aromatic heterocycles. The van der Waals surface area contributed by atoms with E-state index < -0.39 is 11.5 Å². The van der Waals surface area contributed by atoms with E-state index in [9.17, 15) is 9.59 Å². The number of carbonyl (C=O) groups is 2. The second-order valence-electron chi connectivity index (χ2n) is 7.35. The van der Waals surface area contributed by atoms with Gasteiger partial charge < -0.3 is 20.1 Å². The van der Waals surface area contributed by atoms with Crippen LogP contribution in [0.2, 0.25) is 0 Å². The third kappa shape index (κ3) is 6.38. The lowest BCUT2D eigenvalue weighted by atomic mass is 9.90. The van der Waals surface area contributed by atoms with Crippen LogP contribution >= 0.6 is 0 Å². The van der Waals surface area contributed by atoms with Gasteiger partial charge in [-0.1, -0.05) is 30.3 Å². The molecule has 1 aromatic rings. The highest BCUT2D eigenvalue weighted by molar-refractivity contribution is 5.76. The molecule has 138 valence electrons. The smallest absolute Gasteiger partial charge is 0.404 e. The molecule has 0 atom stereocenters. The maximum atomic E-state index is 12.4. The zero-order valence-electron chi connectivity index (χ0n) is 15.0. The number of benzene rings is 1. The van der Waals surface area contributed by atoms with Crippen molar-refractivity contribution in [2.45, 2.75) is 33.3 Å². The second kappa shape index (κ2) is 8.85. The third-order valence-corrected chi connectivity index (χ3v) is 4.63. The Balaban J connectivity index is 1.75. The normalized spacial score (nSPS) is 16.4. The number of ether oxygens (including phenoxy) is 1. The Bertz CT molecular complexity index is 566. The lowest BCUT2D eigenvalue weighted by molar-refractivity contribution is -0.156. The molecule has 25 heavy (non-hydrogen) atoms. The van der Waals surface area contributed by atoms with E-state index >= 15 is 0 Å². The molecule has 0 saturated carbocycles. The molecule has 1 amide bonds. The van der Waals surface area contributed by atoms with Crippen LogP contribution in [0.5, 0.6) is 0 Å². The average Bonchev–Trinajstić information content (AvgIpc) is 2.59. The summed E-state index contributed by atoms with van der Waals surface area (Å²) in [5.74, 6) is 0.187. The molecule has 0 spiro atoms. The van der Waals surface area contributed by atoms with Crippen LogP contribution in [0.1, 0.15) is 32.3 Å². The van der Waals surface area contributed by atoms with Crippen molar-refractivity contribution >= 4 is 12.1 Å². The molecule has 0 aliphatic carbocycles. The van der Waals surface area contributed by atoms with E-state index in [-0.39, 0.29) is 5.97 Å². The fourth-order valence-corrected chi connectivity index (χ4v) is 3.12. The highest BCUT2D eigenvalue weighted by Crippen LogP contribution is 2.24. The quantitative estimate of drug-likeness (QED) is 0.741. The summed E-state index contributed by atoms with van der Waals surface area (Å²) < 4.78 is 5.48. The van der Waals surface area contributed by atoms with Gasteiger partial charge in [-0.3, -0.25) is 4.79 Å². The molecule has 6 heteroatoms. The van der Waals surface area contributed by atoms with E-state index in [2.05, 4.69) is 10.2 Å². The van der Waals surface area contributed by atoms with E-state index in [4.69, 9.17) is 9.84 Å². The predicted molar refractivity (Wildman–Crippen MR) is 95.2 cm³/mol. The monoisotopic (exact) mass is 348 g/mol. The van der Waals surface area contributed by atoms with Crippen LogP contribution in [0.15, 0.2) is 30.3 Å². The molecule has 1 saturated heterocycles. The summed E-state index contributed by atoms with van der Waals surface area (Å²) in [5, 5.41) is 11.1. The van der Waals surface area contributed by atoms with Crippen molar-refractivity contribution in [3.63, 3.8) is 0 Å². The predicted octanol–water partition coefficient (Wildman–Crippen LogP) is 2.74. The summed E-state index contributed by atoms with van der Waals surface area (Å²) in [7, 11) is 0. The number of esters is 1. The Labute approximate surface area is 149 Å². The van der Waals surface area contributed by atoms with Crippen molar-refractivity contribution in [3.8, 4) is 0 Å². The van der Waals surface area contributed by atoms with Crippen LogP contribution in [0.4, 0.5) is 4.79 Å². The first-order valence-electron chi connectivity index (χ1n) is 8.77. The van der Waals surface area contributed by atoms with Crippen LogP contribution in [-0.2, 0) is 16.1 Å². The van der Waals surface area contributed by atoms with Crippen molar-refractivity contribution in [1.82, 2.24) is 10.2 Å². The highest BCUT2D eigenvalue weighted by atomic mass is 16.5.